The molecule has 9 aromatic rings. The van der Waals surface area contributed by atoms with Gasteiger partial charge in [-0.15, -0.1) is 0 Å². The van der Waals surface area contributed by atoms with Gasteiger partial charge >= 0.3 is 0 Å². The molecular weight excluding hydrogens is 635 g/mol. The van der Waals surface area contributed by atoms with E-state index >= 15 is 0 Å². The number of pyridine rings is 2. The Kier molecular flexibility index (Phi) is 7.47. The molecule has 0 aliphatic heterocycles. The molecule has 5 aromatic heterocycles. The van der Waals surface area contributed by atoms with E-state index in [4.69, 9.17) is 19.4 Å². The minimum Gasteiger partial charge on any atom is -0.457 e. The molecule has 0 amide bonds. The second-order valence-electron chi connectivity index (χ2n) is 12.1. The zero-order valence-electron chi connectivity index (χ0n) is 27.5. The lowest BCUT2D eigenvalue weighted by molar-refractivity contribution is 0.483. The lowest BCUT2D eigenvalue weighted by Gasteiger charge is -2.10. The predicted octanol–water partition coefficient (Wildman–Crippen LogP) is 9.68. The maximum Gasteiger partial charge on any atom is 0.234 e. The third-order valence-electron chi connectivity index (χ3n) is 8.61. The normalized spacial score (nSPS) is 11.2. The van der Waals surface area contributed by atoms with Gasteiger partial charge < -0.3 is 14.0 Å². The van der Waals surface area contributed by atoms with Crippen molar-refractivity contribution in [3.05, 3.63) is 159 Å². The Morgan fingerprint density at radius 3 is 1.51 bits per heavy atom. The standard InChI is InChI=1S/C42H29N7O2/c1-48-26-39(47-27-48)30-24-45-42(46-25-30)49-40-22-33(50-31-10-6-8-28(20-31)37-12-2-4-18-43-37)14-16-35(40)36-17-15-34(23-41(36)49)51-32-11-7-9-29(21-32)38-13-3-5-19-44-38/h2-27H,1H3. The van der Waals surface area contributed by atoms with Crippen molar-refractivity contribution in [1.29, 1.82) is 0 Å². The highest BCUT2D eigenvalue weighted by atomic mass is 16.5. The highest BCUT2D eigenvalue weighted by Gasteiger charge is 2.17. The molecule has 0 saturated carbocycles. The molecule has 51 heavy (non-hydrogen) atoms. The van der Waals surface area contributed by atoms with Crippen LogP contribution in [-0.4, -0.2) is 34.1 Å². The minimum atomic E-state index is 0.512. The average Bonchev–Trinajstić information content (AvgIpc) is 3.76. The Morgan fingerprint density at radius 2 is 1.02 bits per heavy atom. The third-order valence-corrected chi connectivity index (χ3v) is 8.61. The largest absolute Gasteiger partial charge is 0.457 e. The first-order valence-electron chi connectivity index (χ1n) is 16.4. The monoisotopic (exact) mass is 663 g/mol. The second-order valence-corrected chi connectivity index (χ2v) is 12.1. The average molecular weight is 664 g/mol. The van der Waals surface area contributed by atoms with Crippen LogP contribution in [-0.2, 0) is 7.05 Å². The lowest BCUT2D eigenvalue weighted by atomic mass is 10.1. The molecule has 244 valence electrons. The van der Waals surface area contributed by atoms with Crippen molar-refractivity contribution in [2.75, 3.05) is 0 Å². The number of benzene rings is 4. The first kappa shape index (κ1) is 30.0. The summed E-state index contributed by atoms with van der Waals surface area (Å²) in [6.45, 7) is 0. The Labute approximate surface area is 293 Å². The van der Waals surface area contributed by atoms with E-state index in [9.17, 15) is 0 Å². The molecule has 0 aliphatic rings. The molecular formula is C42H29N7O2. The van der Waals surface area contributed by atoms with Crippen molar-refractivity contribution < 1.29 is 9.47 Å². The molecule has 0 radical (unpaired) electrons. The summed E-state index contributed by atoms with van der Waals surface area (Å²) < 4.78 is 16.8. The summed E-state index contributed by atoms with van der Waals surface area (Å²) in [6.07, 6.45) is 10.9. The van der Waals surface area contributed by atoms with Crippen LogP contribution in [0, 0.1) is 0 Å². The first-order valence-corrected chi connectivity index (χ1v) is 16.4. The molecule has 0 unspecified atom stereocenters. The predicted molar refractivity (Wildman–Crippen MR) is 198 cm³/mol. The van der Waals surface area contributed by atoms with E-state index in [-0.39, 0.29) is 0 Å². The summed E-state index contributed by atoms with van der Waals surface area (Å²) in [7, 11) is 1.94. The molecule has 0 spiro atoms. The summed E-state index contributed by atoms with van der Waals surface area (Å²) in [6, 6.07) is 39.8. The molecule has 0 atom stereocenters. The number of aryl methyl sites for hydroxylation is 1. The van der Waals surface area contributed by atoms with Crippen LogP contribution in [0.15, 0.2) is 159 Å². The van der Waals surface area contributed by atoms with Crippen molar-refractivity contribution in [3.63, 3.8) is 0 Å². The molecule has 9 rings (SSSR count). The van der Waals surface area contributed by atoms with E-state index < -0.39 is 0 Å². The number of hydrogen-bond acceptors (Lipinski definition) is 7. The second kappa shape index (κ2) is 12.7. The van der Waals surface area contributed by atoms with Gasteiger partial charge in [0.25, 0.3) is 0 Å². The van der Waals surface area contributed by atoms with Gasteiger partial charge in [0.15, 0.2) is 0 Å². The van der Waals surface area contributed by atoms with Crippen molar-refractivity contribution in [3.8, 4) is 62.7 Å². The fourth-order valence-corrected chi connectivity index (χ4v) is 6.23. The fraction of sp³-hybridized carbons (Fsp3) is 0.0238. The number of rotatable bonds is 8. The molecule has 0 fully saturated rings. The van der Waals surface area contributed by atoms with Crippen molar-refractivity contribution in [2.45, 2.75) is 0 Å². The zero-order valence-corrected chi connectivity index (χ0v) is 27.5. The molecule has 9 heteroatoms. The number of nitrogens with zero attached hydrogens (tertiary/aromatic N) is 7. The molecule has 9 nitrogen and oxygen atoms in total. The highest BCUT2D eigenvalue weighted by Crippen LogP contribution is 2.38. The highest BCUT2D eigenvalue weighted by molar-refractivity contribution is 6.09. The van der Waals surface area contributed by atoms with Crippen LogP contribution in [0.3, 0.4) is 0 Å². The van der Waals surface area contributed by atoms with Gasteiger partial charge in [-0.2, -0.15) is 0 Å². The third kappa shape index (κ3) is 5.93. The zero-order chi connectivity index (χ0) is 34.1. The summed E-state index contributed by atoms with van der Waals surface area (Å²) in [5, 5.41) is 2.06. The molecule has 0 saturated heterocycles. The summed E-state index contributed by atoms with van der Waals surface area (Å²) in [4.78, 5) is 23.1. The van der Waals surface area contributed by atoms with Gasteiger partial charge in [0.05, 0.1) is 34.4 Å². The number of fused-ring (bicyclic) bond motifs is 3. The van der Waals surface area contributed by atoms with Crippen LogP contribution < -0.4 is 9.47 Å². The first-order chi connectivity index (χ1) is 25.1. The van der Waals surface area contributed by atoms with Crippen LogP contribution in [0.4, 0.5) is 0 Å². The van der Waals surface area contributed by atoms with E-state index in [0.717, 1.165) is 55.6 Å². The lowest BCUT2D eigenvalue weighted by Crippen LogP contribution is -2.01. The van der Waals surface area contributed by atoms with Crippen LogP contribution in [0.25, 0.3) is 61.5 Å². The van der Waals surface area contributed by atoms with Crippen LogP contribution in [0.2, 0.25) is 0 Å². The van der Waals surface area contributed by atoms with Gasteiger partial charge in [0, 0.05) is 77.6 Å². The number of ether oxygens (including phenoxy) is 2. The molecule has 4 aromatic carbocycles. The van der Waals surface area contributed by atoms with E-state index in [1.165, 1.54) is 0 Å². The van der Waals surface area contributed by atoms with Crippen molar-refractivity contribution >= 4 is 21.8 Å². The quantitative estimate of drug-likeness (QED) is 0.160. The summed E-state index contributed by atoms with van der Waals surface area (Å²) in [5.74, 6) is 3.29. The minimum absolute atomic E-state index is 0.512. The van der Waals surface area contributed by atoms with Gasteiger partial charge in [-0.05, 0) is 72.8 Å². The summed E-state index contributed by atoms with van der Waals surface area (Å²) >= 11 is 0. The molecule has 0 aliphatic carbocycles. The maximum atomic E-state index is 6.44. The van der Waals surface area contributed by atoms with Gasteiger partial charge in [-0.1, -0.05) is 36.4 Å². The van der Waals surface area contributed by atoms with E-state index in [0.29, 0.717) is 28.9 Å². The molecule has 5 heterocycles. The smallest absolute Gasteiger partial charge is 0.234 e. The number of hydrogen-bond donors (Lipinski definition) is 0. The number of imidazole rings is 1. The van der Waals surface area contributed by atoms with Crippen LogP contribution in [0.1, 0.15) is 0 Å². The van der Waals surface area contributed by atoms with Crippen LogP contribution >= 0.6 is 0 Å². The Hall–Kier alpha value is -7.13. The maximum absolute atomic E-state index is 6.44. The van der Waals surface area contributed by atoms with Crippen LogP contribution in [0.5, 0.6) is 23.0 Å². The van der Waals surface area contributed by atoms with E-state index in [1.807, 2.05) is 132 Å². The van der Waals surface area contributed by atoms with Gasteiger partial charge in [0.2, 0.25) is 5.95 Å². The Balaban J connectivity index is 1.13. The Bertz CT molecular complexity index is 2510. The van der Waals surface area contributed by atoms with Crippen molar-refractivity contribution in [1.82, 2.24) is 34.1 Å². The number of aromatic nitrogens is 7. The molecule has 0 bridgehead atoms. The fourth-order valence-electron chi connectivity index (χ4n) is 6.23. The molecule has 0 N–H and O–H groups in total. The SMILES string of the molecule is Cn1cnc(-c2cnc(-n3c4cc(Oc5cccc(-c6ccccn6)c5)ccc4c4ccc(Oc5cccc(-c6ccccn6)c5)cc43)nc2)c1. The summed E-state index contributed by atoms with van der Waals surface area (Å²) in [5.41, 5.74) is 7.13. The topological polar surface area (TPSA) is 92.8 Å². The van der Waals surface area contributed by atoms with Gasteiger partial charge in [-0.25, -0.2) is 15.0 Å². The van der Waals surface area contributed by atoms with Gasteiger partial charge in [-0.3, -0.25) is 14.5 Å². The van der Waals surface area contributed by atoms with E-state index in [1.54, 1.807) is 31.1 Å². The Morgan fingerprint density at radius 1 is 0.471 bits per heavy atom. The van der Waals surface area contributed by atoms with E-state index in [2.05, 4.69) is 27.1 Å². The van der Waals surface area contributed by atoms with Crippen molar-refractivity contribution in [2.24, 2.45) is 7.05 Å². The van der Waals surface area contributed by atoms with Gasteiger partial charge in [0.1, 0.15) is 23.0 Å².